The number of hydrogen-bond acceptors (Lipinski definition) is 5. The fourth-order valence-corrected chi connectivity index (χ4v) is 8.46. The van der Waals surface area contributed by atoms with E-state index in [1.165, 1.54) is 10.8 Å². The quantitative estimate of drug-likeness (QED) is 0.170. The zero-order valence-electron chi connectivity index (χ0n) is 29.9. The summed E-state index contributed by atoms with van der Waals surface area (Å²) in [6, 6.07) is 60.9. The minimum atomic E-state index is 0.562. The maximum Gasteiger partial charge on any atom is 0.164 e. The van der Waals surface area contributed by atoms with Gasteiger partial charge in [-0.15, -0.1) is 0 Å². The first-order chi connectivity index (χ1) is 27.7. The van der Waals surface area contributed by atoms with Crippen LogP contribution in [0, 0.1) is 0 Å². The Labute approximate surface area is 320 Å². The van der Waals surface area contributed by atoms with E-state index < -0.39 is 0 Å². The number of para-hydroxylation sites is 2. The molecule has 0 N–H and O–H groups in total. The van der Waals surface area contributed by atoms with Crippen molar-refractivity contribution in [2.75, 3.05) is 0 Å². The van der Waals surface area contributed by atoms with Crippen molar-refractivity contribution in [2.45, 2.75) is 0 Å². The molecule has 260 valence electrons. The Morgan fingerprint density at radius 2 is 0.893 bits per heavy atom. The molecule has 9 aromatic carbocycles. The molecule has 56 heavy (non-hydrogen) atoms. The number of hydrogen-bond donors (Lipinski definition) is 0. The summed E-state index contributed by atoms with van der Waals surface area (Å²) >= 11 is 0. The maximum atomic E-state index is 6.71. The van der Waals surface area contributed by atoms with E-state index in [1.54, 1.807) is 0 Å². The molecular weight excluding hydrogens is 687 g/mol. The highest BCUT2D eigenvalue weighted by atomic mass is 16.3. The molecule has 0 saturated heterocycles. The van der Waals surface area contributed by atoms with Gasteiger partial charge in [0.15, 0.2) is 17.5 Å². The summed E-state index contributed by atoms with van der Waals surface area (Å²) in [5.74, 6) is 1.76. The number of benzene rings is 9. The molecule has 0 atom stereocenters. The molecule has 12 rings (SSSR count). The van der Waals surface area contributed by atoms with E-state index in [1.807, 2.05) is 60.7 Å². The molecule has 0 saturated carbocycles. The molecule has 0 spiro atoms. The highest BCUT2D eigenvalue weighted by molar-refractivity contribution is 6.23. The highest BCUT2D eigenvalue weighted by Crippen LogP contribution is 2.45. The van der Waals surface area contributed by atoms with Crippen LogP contribution in [0.15, 0.2) is 185 Å². The van der Waals surface area contributed by atoms with Crippen LogP contribution in [0.1, 0.15) is 0 Å². The van der Waals surface area contributed by atoms with Crippen LogP contribution in [0.25, 0.3) is 121 Å². The van der Waals surface area contributed by atoms with E-state index in [0.717, 1.165) is 93.2 Å². The molecule has 0 aliphatic heterocycles. The van der Waals surface area contributed by atoms with E-state index in [2.05, 4.69) is 115 Å². The largest absolute Gasteiger partial charge is 0.456 e. The van der Waals surface area contributed by atoms with Crippen molar-refractivity contribution in [3.63, 3.8) is 0 Å². The van der Waals surface area contributed by atoms with Crippen molar-refractivity contribution in [3.05, 3.63) is 176 Å². The van der Waals surface area contributed by atoms with Crippen molar-refractivity contribution in [1.82, 2.24) is 15.0 Å². The highest BCUT2D eigenvalue weighted by Gasteiger charge is 2.22. The summed E-state index contributed by atoms with van der Waals surface area (Å²) in [6.45, 7) is 0. The second-order valence-corrected chi connectivity index (χ2v) is 14.3. The van der Waals surface area contributed by atoms with Gasteiger partial charge >= 0.3 is 0 Å². The number of fused-ring (bicyclic) bond motifs is 11. The molecule has 5 nitrogen and oxygen atoms in total. The lowest BCUT2D eigenvalue weighted by Gasteiger charge is -2.12. The van der Waals surface area contributed by atoms with Crippen LogP contribution >= 0.6 is 0 Å². The third kappa shape index (κ3) is 4.71. The predicted molar refractivity (Wildman–Crippen MR) is 229 cm³/mol. The molecule has 3 heterocycles. The van der Waals surface area contributed by atoms with Crippen molar-refractivity contribution in [1.29, 1.82) is 0 Å². The van der Waals surface area contributed by atoms with E-state index in [-0.39, 0.29) is 0 Å². The fourth-order valence-electron chi connectivity index (χ4n) is 8.46. The average molecular weight is 716 g/mol. The minimum Gasteiger partial charge on any atom is -0.456 e. The van der Waals surface area contributed by atoms with Crippen LogP contribution in [0.3, 0.4) is 0 Å². The monoisotopic (exact) mass is 715 g/mol. The molecular formula is C51H29N3O2. The summed E-state index contributed by atoms with van der Waals surface area (Å²) in [4.78, 5) is 15.7. The van der Waals surface area contributed by atoms with Gasteiger partial charge in [-0.05, 0) is 74.3 Å². The van der Waals surface area contributed by atoms with E-state index in [9.17, 15) is 0 Å². The van der Waals surface area contributed by atoms with Gasteiger partial charge in [0.05, 0.1) is 0 Å². The van der Waals surface area contributed by atoms with Gasteiger partial charge in [0, 0.05) is 43.8 Å². The standard InChI is InChI=1S/C51H29N3O2/c1-2-13-32(14-3-1)49-52-50(34-25-24-31-23-22-30-12-4-6-16-36(30)40(31)27-34)54-51(53-49)42-28-35(29-45-46(42)38-18-8-10-20-43(38)55-45)41-26-33-15-5-7-17-37(33)47-39-19-9-11-21-44(39)56-48(41)47/h1-29H. The van der Waals surface area contributed by atoms with Crippen LogP contribution in [-0.2, 0) is 0 Å². The molecule has 0 aliphatic rings. The molecule has 0 amide bonds. The van der Waals surface area contributed by atoms with Gasteiger partial charge in [-0.3, -0.25) is 0 Å². The van der Waals surface area contributed by atoms with Gasteiger partial charge in [-0.25, -0.2) is 15.0 Å². The maximum absolute atomic E-state index is 6.71. The Morgan fingerprint density at radius 3 is 1.70 bits per heavy atom. The van der Waals surface area contributed by atoms with Gasteiger partial charge in [-0.2, -0.15) is 0 Å². The molecule has 5 heteroatoms. The topological polar surface area (TPSA) is 65.0 Å². The first-order valence-corrected chi connectivity index (χ1v) is 18.8. The number of furan rings is 2. The zero-order valence-corrected chi connectivity index (χ0v) is 29.9. The summed E-state index contributed by atoms with van der Waals surface area (Å²) in [6.07, 6.45) is 0. The number of nitrogens with zero attached hydrogens (tertiary/aromatic N) is 3. The van der Waals surface area contributed by atoms with E-state index in [4.69, 9.17) is 23.8 Å². The van der Waals surface area contributed by atoms with Crippen molar-refractivity contribution in [3.8, 4) is 45.3 Å². The molecule has 0 radical (unpaired) electrons. The zero-order chi connectivity index (χ0) is 36.7. The SMILES string of the molecule is c1ccc(-c2nc(-c3ccc4ccc5ccccc5c4c3)nc(-c3cc(-c4cc5ccccc5c5c4oc4ccccc45)cc4oc5ccccc5c34)n2)cc1. The number of aromatic nitrogens is 3. The van der Waals surface area contributed by atoms with E-state index >= 15 is 0 Å². The minimum absolute atomic E-state index is 0.562. The Hall–Kier alpha value is -7.63. The van der Waals surface area contributed by atoms with Crippen molar-refractivity contribution in [2.24, 2.45) is 0 Å². The second kappa shape index (κ2) is 11.9. The van der Waals surface area contributed by atoms with Gasteiger partial charge in [0.2, 0.25) is 0 Å². The van der Waals surface area contributed by atoms with Crippen LogP contribution in [-0.4, -0.2) is 15.0 Å². The molecule has 0 unspecified atom stereocenters. The lowest BCUT2D eigenvalue weighted by Crippen LogP contribution is -2.01. The third-order valence-electron chi connectivity index (χ3n) is 11.1. The lowest BCUT2D eigenvalue weighted by atomic mass is 9.94. The van der Waals surface area contributed by atoms with Gasteiger partial charge in [-0.1, -0.05) is 140 Å². The Bertz CT molecular complexity index is 3550. The first kappa shape index (κ1) is 30.8. The van der Waals surface area contributed by atoms with Gasteiger partial charge < -0.3 is 8.83 Å². The van der Waals surface area contributed by atoms with Crippen molar-refractivity contribution >= 4 is 76.2 Å². The lowest BCUT2D eigenvalue weighted by molar-refractivity contribution is 0.668. The smallest absolute Gasteiger partial charge is 0.164 e. The Balaban J connectivity index is 1.17. The molecule has 12 aromatic rings. The second-order valence-electron chi connectivity index (χ2n) is 14.3. The average Bonchev–Trinajstić information content (AvgIpc) is 3.85. The summed E-state index contributed by atoms with van der Waals surface area (Å²) in [5, 5.41) is 11.1. The summed E-state index contributed by atoms with van der Waals surface area (Å²) in [7, 11) is 0. The van der Waals surface area contributed by atoms with Crippen LogP contribution in [0.2, 0.25) is 0 Å². The van der Waals surface area contributed by atoms with Crippen LogP contribution in [0.5, 0.6) is 0 Å². The summed E-state index contributed by atoms with van der Waals surface area (Å²) in [5.41, 5.74) is 7.82. The fraction of sp³-hybridized carbons (Fsp3) is 0. The molecule has 0 bridgehead atoms. The third-order valence-corrected chi connectivity index (χ3v) is 11.1. The first-order valence-electron chi connectivity index (χ1n) is 18.8. The van der Waals surface area contributed by atoms with Gasteiger partial charge in [0.25, 0.3) is 0 Å². The molecule has 3 aromatic heterocycles. The predicted octanol–water partition coefficient (Wildman–Crippen LogP) is 13.8. The number of rotatable bonds is 4. The van der Waals surface area contributed by atoms with E-state index in [0.29, 0.717) is 17.5 Å². The van der Waals surface area contributed by atoms with Gasteiger partial charge in [0.1, 0.15) is 22.3 Å². The van der Waals surface area contributed by atoms with Crippen LogP contribution < -0.4 is 0 Å². The Morgan fingerprint density at radius 1 is 0.304 bits per heavy atom. The molecule has 0 fully saturated rings. The molecule has 0 aliphatic carbocycles. The van der Waals surface area contributed by atoms with Crippen LogP contribution in [0.4, 0.5) is 0 Å². The van der Waals surface area contributed by atoms with Crippen molar-refractivity contribution < 1.29 is 8.83 Å². The Kier molecular flexibility index (Phi) is 6.56. The summed E-state index contributed by atoms with van der Waals surface area (Å²) < 4.78 is 13.4. The normalized spacial score (nSPS) is 11.9.